The van der Waals surface area contributed by atoms with Gasteiger partial charge in [0.25, 0.3) is 0 Å². The van der Waals surface area contributed by atoms with Crippen molar-refractivity contribution in [3.8, 4) is 5.75 Å². The maximum Gasteiger partial charge on any atom is 0.143 e. The SMILES string of the molecule is CN(C)c1ccc(CCCN2CCCC2CN2c3ccccc3COc3ccccc32)cc1.Cl.Cl. The minimum atomic E-state index is 0. The standard InChI is InChI=1S/C29H35N3O.2ClH/c1-30(2)25-17-15-23(16-18-25)9-7-19-31-20-8-11-26(31)21-32-27-12-4-3-10-24(27)22-33-29-14-6-5-13-28(29)32;;/h3-6,10,12-18,26H,7-9,11,19-22H2,1-2H3;2*1H. The molecule has 3 aromatic rings. The lowest BCUT2D eigenvalue weighted by Crippen LogP contribution is -2.39. The van der Waals surface area contributed by atoms with Gasteiger partial charge in [-0.15, -0.1) is 24.8 Å². The van der Waals surface area contributed by atoms with Crippen LogP contribution in [0.2, 0.25) is 0 Å². The number of halogens is 2. The third kappa shape index (κ3) is 6.24. The highest BCUT2D eigenvalue weighted by atomic mass is 35.5. The van der Waals surface area contributed by atoms with Gasteiger partial charge in [0.1, 0.15) is 12.4 Å². The molecule has 35 heavy (non-hydrogen) atoms. The molecule has 0 saturated carbocycles. The Bertz CT molecular complexity index is 1030. The van der Waals surface area contributed by atoms with Crippen molar-refractivity contribution < 1.29 is 4.74 Å². The van der Waals surface area contributed by atoms with E-state index in [1.807, 2.05) is 0 Å². The Balaban J connectivity index is 0.00000171. The van der Waals surface area contributed by atoms with E-state index in [1.54, 1.807) is 0 Å². The molecule has 1 fully saturated rings. The number of ether oxygens (including phenoxy) is 1. The quantitative estimate of drug-likeness (QED) is 0.348. The van der Waals surface area contributed by atoms with E-state index >= 15 is 0 Å². The fraction of sp³-hybridized carbons (Fsp3) is 0.379. The van der Waals surface area contributed by atoms with Crippen LogP contribution >= 0.6 is 24.8 Å². The molecule has 1 saturated heterocycles. The Morgan fingerprint density at radius 3 is 2.37 bits per heavy atom. The van der Waals surface area contributed by atoms with Crippen LogP contribution in [0.3, 0.4) is 0 Å². The number of hydrogen-bond donors (Lipinski definition) is 0. The van der Waals surface area contributed by atoms with E-state index in [0.717, 1.165) is 25.3 Å². The Kier molecular flexibility index (Phi) is 9.73. The zero-order valence-electron chi connectivity index (χ0n) is 20.7. The van der Waals surface area contributed by atoms with Crippen molar-refractivity contribution >= 4 is 41.9 Å². The third-order valence-electron chi connectivity index (χ3n) is 7.08. The smallest absolute Gasteiger partial charge is 0.143 e. The van der Waals surface area contributed by atoms with Gasteiger partial charge < -0.3 is 14.5 Å². The van der Waals surface area contributed by atoms with Gasteiger partial charge in [0, 0.05) is 43.6 Å². The van der Waals surface area contributed by atoms with E-state index in [9.17, 15) is 0 Å². The highest BCUT2D eigenvalue weighted by molar-refractivity contribution is 5.85. The molecule has 2 aliphatic rings. The van der Waals surface area contributed by atoms with Gasteiger partial charge in [-0.3, -0.25) is 4.90 Å². The summed E-state index contributed by atoms with van der Waals surface area (Å²) in [5.41, 5.74) is 6.44. The van der Waals surface area contributed by atoms with Crippen molar-refractivity contribution in [3.05, 3.63) is 83.9 Å². The molecule has 0 N–H and O–H groups in total. The van der Waals surface area contributed by atoms with Gasteiger partial charge in [0.05, 0.1) is 5.69 Å². The number of hydrogen-bond acceptors (Lipinski definition) is 4. The van der Waals surface area contributed by atoms with Crippen molar-refractivity contribution in [2.75, 3.05) is 43.5 Å². The molecule has 1 atom stereocenters. The van der Waals surface area contributed by atoms with Crippen LogP contribution in [0.25, 0.3) is 0 Å². The lowest BCUT2D eigenvalue weighted by atomic mass is 10.1. The normalized spacial score (nSPS) is 16.7. The summed E-state index contributed by atoms with van der Waals surface area (Å²) in [7, 11) is 4.19. The first-order valence-electron chi connectivity index (χ1n) is 12.3. The molecule has 188 valence electrons. The van der Waals surface area contributed by atoms with E-state index in [-0.39, 0.29) is 24.8 Å². The van der Waals surface area contributed by atoms with E-state index < -0.39 is 0 Å². The van der Waals surface area contributed by atoms with Crippen LogP contribution in [0.1, 0.15) is 30.4 Å². The van der Waals surface area contributed by atoms with E-state index in [2.05, 4.69) is 102 Å². The summed E-state index contributed by atoms with van der Waals surface area (Å²) in [6, 6.07) is 26.8. The number of rotatable bonds is 7. The number of likely N-dealkylation sites (tertiary alicyclic amines) is 1. The summed E-state index contributed by atoms with van der Waals surface area (Å²) in [5.74, 6) is 0.986. The Morgan fingerprint density at radius 1 is 0.886 bits per heavy atom. The first kappa shape index (κ1) is 27.2. The van der Waals surface area contributed by atoms with E-state index in [4.69, 9.17) is 4.74 Å². The van der Waals surface area contributed by atoms with Crippen molar-refractivity contribution in [1.82, 2.24) is 4.90 Å². The van der Waals surface area contributed by atoms with Gasteiger partial charge >= 0.3 is 0 Å². The van der Waals surface area contributed by atoms with E-state index in [0.29, 0.717) is 12.6 Å². The summed E-state index contributed by atoms with van der Waals surface area (Å²) >= 11 is 0. The Labute approximate surface area is 222 Å². The first-order valence-corrected chi connectivity index (χ1v) is 12.3. The zero-order valence-corrected chi connectivity index (χ0v) is 22.4. The maximum atomic E-state index is 6.18. The second-order valence-corrected chi connectivity index (χ2v) is 9.49. The molecule has 0 radical (unpaired) electrons. The van der Waals surface area contributed by atoms with Crippen LogP contribution in [-0.2, 0) is 13.0 Å². The molecule has 2 heterocycles. The topological polar surface area (TPSA) is 19.0 Å². The van der Waals surface area contributed by atoms with Gasteiger partial charge in [0.15, 0.2) is 0 Å². The molecule has 4 nitrogen and oxygen atoms in total. The molecular formula is C29H37Cl2N3O. The summed E-state index contributed by atoms with van der Waals surface area (Å²) in [6.45, 7) is 4.01. The molecule has 0 aromatic heterocycles. The monoisotopic (exact) mass is 513 g/mol. The summed E-state index contributed by atoms with van der Waals surface area (Å²) in [6.07, 6.45) is 4.89. The summed E-state index contributed by atoms with van der Waals surface area (Å²) < 4.78 is 6.18. The average Bonchev–Trinajstić information content (AvgIpc) is 3.22. The van der Waals surface area contributed by atoms with Crippen molar-refractivity contribution in [2.24, 2.45) is 0 Å². The number of fused-ring (bicyclic) bond motifs is 2. The van der Waals surface area contributed by atoms with Crippen LogP contribution in [0, 0.1) is 0 Å². The number of nitrogens with zero attached hydrogens (tertiary/aromatic N) is 3. The molecule has 0 amide bonds. The molecule has 0 aliphatic carbocycles. The molecular weight excluding hydrogens is 477 g/mol. The van der Waals surface area contributed by atoms with Crippen LogP contribution < -0.4 is 14.5 Å². The molecule has 0 bridgehead atoms. The fourth-order valence-electron chi connectivity index (χ4n) is 5.23. The van der Waals surface area contributed by atoms with Gasteiger partial charge in [-0.05, 0) is 74.7 Å². The van der Waals surface area contributed by atoms with Gasteiger partial charge in [-0.25, -0.2) is 0 Å². The number of benzene rings is 3. The highest BCUT2D eigenvalue weighted by Crippen LogP contribution is 2.40. The van der Waals surface area contributed by atoms with Crippen LogP contribution in [0.15, 0.2) is 72.8 Å². The van der Waals surface area contributed by atoms with Crippen LogP contribution in [0.5, 0.6) is 5.75 Å². The van der Waals surface area contributed by atoms with E-state index in [1.165, 1.54) is 54.0 Å². The molecule has 5 rings (SSSR count). The van der Waals surface area contributed by atoms with Gasteiger partial charge in [-0.1, -0.05) is 42.5 Å². The Morgan fingerprint density at radius 2 is 1.60 bits per heavy atom. The number of para-hydroxylation sites is 3. The van der Waals surface area contributed by atoms with Gasteiger partial charge in [0.2, 0.25) is 0 Å². The second-order valence-electron chi connectivity index (χ2n) is 9.49. The second kappa shape index (κ2) is 12.5. The molecule has 1 unspecified atom stereocenters. The minimum absolute atomic E-state index is 0. The number of anilines is 3. The lowest BCUT2D eigenvalue weighted by Gasteiger charge is -2.32. The van der Waals surface area contributed by atoms with Crippen LogP contribution in [-0.4, -0.2) is 44.7 Å². The molecule has 0 spiro atoms. The fourth-order valence-corrected chi connectivity index (χ4v) is 5.23. The predicted octanol–water partition coefficient (Wildman–Crippen LogP) is 6.72. The molecule has 6 heteroatoms. The van der Waals surface area contributed by atoms with Crippen molar-refractivity contribution in [2.45, 2.75) is 38.3 Å². The maximum absolute atomic E-state index is 6.18. The van der Waals surface area contributed by atoms with Crippen LogP contribution in [0.4, 0.5) is 17.1 Å². The first-order chi connectivity index (χ1) is 16.2. The van der Waals surface area contributed by atoms with Gasteiger partial charge in [-0.2, -0.15) is 0 Å². The van der Waals surface area contributed by atoms with Crippen molar-refractivity contribution in [3.63, 3.8) is 0 Å². The average molecular weight is 515 g/mol. The molecule has 3 aromatic carbocycles. The summed E-state index contributed by atoms with van der Waals surface area (Å²) in [4.78, 5) is 7.37. The minimum Gasteiger partial charge on any atom is -0.487 e. The molecule has 2 aliphatic heterocycles. The summed E-state index contributed by atoms with van der Waals surface area (Å²) in [5, 5.41) is 0. The largest absolute Gasteiger partial charge is 0.487 e. The zero-order chi connectivity index (χ0) is 22.6. The van der Waals surface area contributed by atoms with Crippen molar-refractivity contribution in [1.29, 1.82) is 0 Å². The number of aryl methyl sites for hydroxylation is 1. The third-order valence-corrected chi connectivity index (χ3v) is 7.08. The lowest BCUT2D eigenvalue weighted by molar-refractivity contribution is 0.255. The predicted molar refractivity (Wildman–Crippen MR) is 152 cm³/mol. The highest BCUT2D eigenvalue weighted by Gasteiger charge is 2.29. The Hall–Kier alpha value is -2.40.